The first kappa shape index (κ1) is 21.5. The number of likely N-dealkylation sites (tertiary alicyclic amines) is 1. The summed E-state index contributed by atoms with van der Waals surface area (Å²) in [6, 6.07) is 10.8. The van der Waals surface area contributed by atoms with Gasteiger partial charge in [0.1, 0.15) is 0 Å². The van der Waals surface area contributed by atoms with Gasteiger partial charge in [-0.3, -0.25) is 9.78 Å². The van der Waals surface area contributed by atoms with Crippen molar-refractivity contribution in [2.24, 2.45) is 0 Å². The number of carbonyl (C=O) groups is 1. The van der Waals surface area contributed by atoms with E-state index in [2.05, 4.69) is 20.6 Å². The summed E-state index contributed by atoms with van der Waals surface area (Å²) in [5, 5.41) is 13.1. The van der Waals surface area contributed by atoms with Crippen LogP contribution in [0.25, 0.3) is 16.6 Å². The Morgan fingerprint density at radius 3 is 2.83 bits per heavy atom. The lowest BCUT2D eigenvalue weighted by atomic mass is 10.1. The van der Waals surface area contributed by atoms with Crippen molar-refractivity contribution < 1.29 is 4.79 Å². The van der Waals surface area contributed by atoms with Crippen molar-refractivity contribution in [2.75, 3.05) is 13.1 Å². The number of nitrogens with one attached hydrogen (secondary N) is 1. The number of benzene rings is 1. The van der Waals surface area contributed by atoms with Gasteiger partial charge >= 0.3 is 0 Å². The van der Waals surface area contributed by atoms with E-state index in [0.717, 1.165) is 48.2 Å². The Hall–Kier alpha value is -2.22. The smallest absolute Gasteiger partial charge is 0.276 e. The summed E-state index contributed by atoms with van der Waals surface area (Å²) in [5.74, 6) is -0.0180. The molecule has 0 spiro atoms. The van der Waals surface area contributed by atoms with Crippen LogP contribution in [0.2, 0.25) is 0 Å². The monoisotopic (exact) mass is 434 g/mol. The van der Waals surface area contributed by atoms with Gasteiger partial charge in [0.25, 0.3) is 5.91 Å². The van der Waals surface area contributed by atoms with E-state index in [9.17, 15) is 4.79 Å². The largest absolute Gasteiger partial charge is 0.336 e. The van der Waals surface area contributed by atoms with Crippen molar-refractivity contribution in [3.05, 3.63) is 47.9 Å². The Labute approximate surface area is 181 Å². The number of rotatable bonds is 2. The predicted octanol–water partition coefficient (Wildman–Crippen LogP) is 2.93. The fourth-order valence-electron chi connectivity index (χ4n) is 4.24. The molecule has 2 aromatic heterocycles. The summed E-state index contributed by atoms with van der Waals surface area (Å²) < 4.78 is 1.74. The number of halogens is 2. The van der Waals surface area contributed by atoms with Crippen LogP contribution in [0.5, 0.6) is 0 Å². The number of hydrogen-bond acceptors (Lipinski definition) is 5. The number of hydrogen-bond donors (Lipinski definition) is 1. The summed E-state index contributed by atoms with van der Waals surface area (Å²) >= 11 is 0. The van der Waals surface area contributed by atoms with E-state index in [1.54, 1.807) is 10.9 Å². The van der Waals surface area contributed by atoms with E-state index >= 15 is 0 Å². The first-order valence-electron chi connectivity index (χ1n) is 9.52. The zero-order valence-corrected chi connectivity index (χ0v) is 17.7. The molecule has 1 amide bonds. The normalized spacial score (nSPS) is 20.7. The second-order valence-corrected chi connectivity index (χ2v) is 7.49. The molecule has 2 aliphatic rings. The molecule has 7 nitrogen and oxygen atoms in total. The third kappa shape index (κ3) is 3.95. The van der Waals surface area contributed by atoms with Gasteiger partial charge in [0, 0.05) is 36.8 Å². The molecule has 1 N–H and O–H groups in total. The highest BCUT2D eigenvalue weighted by atomic mass is 35.5. The highest BCUT2D eigenvalue weighted by Crippen LogP contribution is 2.23. The molecule has 1 aromatic carbocycles. The summed E-state index contributed by atoms with van der Waals surface area (Å²) in [6.45, 7) is 3.44. The van der Waals surface area contributed by atoms with Gasteiger partial charge in [-0.15, -0.1) is 29.9 Å². The number of aromatic nitrogens is 4. The fourth-order valence-corrected chi connectivity index (χ4v) is 4.24. The van der Waals surface area contributed by atoms with Crippen molar-refractivity contribution in [3.8, 4) is 5.69 Å². The Morgan fingerprint density at radius 2 is 1.97 bits per heavy atom. The van der Waals surface area contributed by atoms with Crippen LogP contribution in [0.1, 0.15) is 35.4 Å². The minimum Gasteiger partial charge on any atom is -0.336 e. The van der Waals surface area contributed by atoms with Crippen molar-refractivity contribution in [3.63, 3.8) is 0 Å². The van der Waals surface area contributed by atoms with Crippen molar-refractivity contribution in [1.29, 1.82) is 0 Å². The maximum atomic E-state index is 13.1. The molecular weight excluding hydrogens is 411 g/mol. The molecule has 0 aliphatic carbocycles. The lowest BCUT2D eigenvalue weighted by molar-refractivity contribution is 0.0741. The van der Waals surface area contributed by atoms with E-state index in [0.29, 0.717) is 17.8 Å². The second kappa shape index (κ2) is 8.65. The lowest BCUT2D eigenvalue weighted by Gasteiger charge is -2.23. The Bertz CT molecular complexity index is 1020. The van der Waals surface area contributed by atoms with E-state index < -0.39 is 0 Å². The zero-order chi connectivity index (χ0) is 18.4. The van der Waals surface area contributed by atoms with Gasteiger partial charge in [-0.1, -0.05) is 11.3 Å². The number of fused-ring (bicyclic) bond motifs is 3. The van der Waals surface area contributed by atoms with Crippen molar-refractivity contribution >= 4 is 41.6 Å². The molecule has 5 rings (SSSR count). The van der Waals surface area contributed by atoms with Crippen LogP contribution in [0.3, 0.4) is 0 Å². The minimum absolute atomic E-state index is 0. The average molecular weight is 435 g/mol. The summed E-state index contributed by atoms with van der Waals surface area (Å²) in [5.41, 5.74) is 3.03. The van der Waals surface area contributed by atoms with Gasteiger partial charge < -0.3 is 10.2 Å². The molecule has 9 heteroatoms. The highest BCUT2D eigenvalue weighted by molar-refractivity contribution is 5.93. The van der Waals surface area contributed by atoms with Crippen molar-refractivity contribution in [2.45, 2.75) is 38.3 Å². The van der Waals surface area contributed by atoms with Gasteiger partial charge in [-0.25, -0.2) is 4.68 Å². The molecule has 2 atom stereocenters. The van der Waals surface area contributed by atoms with E-state index in [1.807, 2.05) is 42.2 Å². The molecule has 3 aromatic rings. The van der Waals surface area contributed by atoms with Crippen LogP contribution in [-0.2, 0) is 0 Å². The van der Waals surface area contributed by atoms with Gasteiger partial charge in [0.15, 0.2) is 5.69 Å². The standard InChI is InChI=1S/C20H22N6O.2ClH/c1-13-19(20(27)25-10-8-15-4-5-16(12-25)22-15)23-24-26(13)17-6-7-18-14(11-17)3-2-9-21-18;;/h2-3,6-7,9,11,15-16,22H,4-5,8,10,12H2,1H3;2*1H. The lowest BCUT2D eigenvalue weighted by Crippen LogP contribution is -2.39. The highest BCUT2D eigenvalue weighted by Gasteiger charge is 2.33. The van der Waals surface area contributed by atoms with Crippen LogP contribution in [0.4, 0.5) is 0 Å². The van der Waals surface area contributed by atoms with Gasteiger partial charge in [0.2, 0.25) is 0 Å². The van der Waals surface area contributed by atoms with Crippen molar-refractivity contribution in [1.82, 2.24) is 30.2 Å². The maximum Gasteiger partial charge on any atom is 0.276 e. The zero-order valence-electron chi connectivity index (χ0n) is 16.1. The topological polar surface area (TPSA) is 75.9 Å². The molecule has 2 fully saturated rings. The first-order chi connectivity index (χ1) is 13.2. The summed E-state index contributed by atoms with van der Waals surface area (Å²) in [4.78, 5) is 19.4. The number of amides is 1. The second-order valence-electron chi connectivity index (χ2n) is 7.49. The first-order valence-corrected chi connectivity index (χ1v) is 9.52. The Morgan fingerprint density at radius 1 is 1.14 bits per heavy atom. The molecule has 0 saturated carbocycles. The van der Waals surface area contributed by atoms with E-state index in [4.69, 9.17) is 0 Å². The third-order valence-electron chi connectivity index (χ3n) is 5.74. The van der Waals surface area contributed by atoms with Crippen LogP contribution < -0.4 is 5.32 Å². The van der Waals surface area contributed by atoms with Crippen LogP contribution in [-0.4, -0.2) is 56.0 Å². The molecule has 2 bridgehead atoms. The SMILES string of the molecule is Cc1c(C(=O)N2CCC3CCC(C2)N3)nnn1-c1ccc2ncccc2c1.Cl.Cl. The van der Waals surface area contributed by atoms with E-state index in [-0.39, 0.29) is 30.7 Å². The molecule has 2 aliphatic heterocycles. The average Bonchev–Trinajstić information content (AvgIpc) is 3.22. The van der Waals surface area contributed by atoms with Crippen LogP contribution >= 0.6 is 24.8 Å². The van der Waals surface area contributed by atoms with Gasteiger partial charge in [-0.2, -0.15) is 0 Å². The molecule has 0 radical (unpaired) electrons. The molecule has 2 saturated heterocycles. The molecular formula is C20H24Cl2N6O. The van der Waals surface area contributed by atoms with Crippen LogP contribution in [0, 0.1) is 6.92 Å². The summed E-state index contributed by atoms with van der Waals surface area (Å²) in [7, 11) is 0. The molecule has 2 unspecified atom stereocenters. The quantitative estimate of drug-likeness (QED) is 0.670. The molecule has 154 valence electrons. The predicted molar refractivity (Wildman–Crippen MR) is 116 cm³/mol. The molecule has 4 heterocycles. The number of carbonyl (C=O) groups excluding carboxylic acids is 1. The van der Waals surface area contributed by atoms with Gasteiger partial charge in [-0.05, 0) is 50.5 Å². The van der Waals surface area contributed by atoms with Crippen LogP contribution in [0.15, 0.2) is 36.5 Å². The fraction of sp³-hybridized carbons (Fsp3) is 0.400. The minimum atomic E-state index is -0.0180. The molecule has 29 heavy (non-hydrogen) atoms. The Balaban J connectivity index is 0.00000120. The van der Waals surface area contributed by atoms with Gasteiger partial charge in [0.05, 0.1) is 16.9 Å². The number of pyridine rings is 1. The number of nitrogens with zero attached hydrogens (tertiary/aromatic N) is 5. The third-order valence-corrected chi connectivity index (χ3v) is 5.74. The summed E-state index contributed by atoms with van der Waals surface area (Å²) in [6.07, 6.45) is 5.15. The Kier molecular flexibility index (Phi) is 6.41. The maximum absolute atomic E-state index is 13.1. The van der Waals surface area contributed by atoms with E-state index in [1.165, 1.54) is 6.42 Å².